The molecule has 0 amide bonds. The number of unbranched alkanes of at least 4 members (excludes halogenated alkanes) is 3. The zero-order chi connectivity index (χ0) is 32.6. The van der Waals surface area contributed by atoms with Crippen LogP contribution in [0.5, 0.6) is 11.5 Å². The van der Waals surface area contributed by atoms with Crippen molar-refractivity contribution in [2.45, 2.75) is 37.0 Å². The summed E-state index contributed by atoms with van der Waals surface area (Å²) in [4.78, 5) is 36.1. The van der Waals surface area contributed by atoms with Crippen LogP contribution in [-0.4, -0.2) is 43.5 Å². The van der Waals surface area contributed by atoms with Gasteiger partial charge in [0.2, 0.25) is 5.12 Å². The standard InChI is InChI=1S/C38H38O7S/c1-3-36(39)44-23-8-6-5-7-22-43-34-19-14-30-26-32(11-10-31(30)27-34)38(41)46-35-20-15-29(16-21-35)28-12-17-33(18-13-28)42-24-9-25-45-37(40)4-2/h3-4,10-21,26-27H,1-2,5-9,22-25H2. The minimum absolute atomic E-state index is 0.0185. The predicted octanol–water partition coefficient (Wildman–Crippen LogP) is 8.61. The number of hydrogen-bond acceptors (Lipinski definition) is 8. The van der Waals surface area contributed by atoms with Crippen LogP contribution in [-0.2, 0) is 19.1 Å². The fourth-order valence-electron chi connectivity index (χ4n) is 4.53. The zero-order valence-electron chi connectivity index (χ0n) is 25.8. The van der Waals surface area contributed by atoms with Gasteiger partial charge in [-0.2, -0.15) is 0 Å². The number of ether oxygens (including phenoxy) is 4. The predicted molar refractivity (Wildman–Crippen MR) is 182 cm³/mol. The third-order valence-corrected chi connectivity index (χ3v) is 7.92. The molecule has 0 fully saturated rings. The normalized spacial score (nSPS) is 10.6. The molecule has 0 aliphatic carbocycles. The summed E-state index contributed by atoms with van der Waals surface area (Å²) in [6, 6.07) is 27.3. The molecule has 0 saturated carbocycles. The molecule has 0 aliphatic heterocycles. The minimum Gasteiger partial charge on any atom is -0.494 e. The summed E-state index contributed by atoms with van der Waals surface area (Å²) >= 11 is 1.20. The summed E-state index contributed by atoms with van der Waals surface area (Å²) in [5, 5.41) is 1.97. The van der Waals surface area contributed by atoms with E-state index in [1.165, 1.54) is 17.8 Å². The van der Waals surface area contributed by atoms with E-state index in [-0.39, 0.29) is 17.7 Å². The Hall–Kier alpha value is -4.82. The van der Waals surface area contributed by atoms with Crippen molar-refractivity contribution in [2.24, 2.45) is 0 Å². The van der Waals surface area contributed by atoms with Crippen molar-refractivity contribution in [3.63, 3.8) is 0 Å². The molecule has 0 unspecified atom stereocenters. The Labute approximate surface area is 274 Å². The molecule has 0 aromatic heterocycles. The highest BCUT2D eigenvalue weighted by Gasteiger charge is 2.10. The van der Waals surface area contributed by atoms with Gasteiger partial charge in [-0.05, 0) is 108 Å². The number of fused-ring (bicyclic) bond motifs is 1. The third-order valence-electron chi connectivity index (χ3n) is 6.99. The summed E-state index contributed by atoms with van der Waals surface area (Å²) in [5.74, 6) is 0.722. The van der Waals surface area contributed by atoms with Crippen molar-refractivity contribution in [3.05, 3.63) is 116 Å². The van der Waals surface area contributed by atoms with Crippen LogP contribution in [0.3, 0.4) is 0 Å². The van der Waals surface area contributed by atoms with Gasteiger partial charge < -0.3 is 18.9 Å². The number of thioether (sulfide) groups is 1. The molecular weight excluding hydrogens is 600 g/mol. The van der Waals surface area contributed by atoms with E-state index < -0.39 is 5.97 Å². The van der Waals surface area contributed by atoms with Gasteiger partial charge >= 0.3 is 11.9 Å². The van der Waals surface area contributed by atoms with Crippen LogP contribution < -0.4 is 9.47 Å². The number of carbonyl (C=O) groups is 3. The monoisotopic (exact) mass is 638 g/mol. The lowest BCUT2D eigenvalue weighted by Gasteiger charge is -2.09. The van der Waals surface area contributed by atoms with E-state index >= 15 is 0 Å². The molecule has 0 saturated heterocycles. The van der Waals surface area contributed by atoms with Crippen molar-refractivity contribution in [3.8, 4) is 22.6 Å². The lowest BCUT2D eigenvalue weighted by atomic mass is 10.1. The summed E-state index contributed by atoms with van der Waals surface area (Å²) < 4.78 is 21.6. The first-order chi connectivity index (χ1) is 22.4. The average Bonchev–Trinajstić information content (AvgIpc) is 3.09. The van der Waals surface area contributed by atoms with E-state index in [0.29, 0.717) is 31.8 Å². The quantitative estimate of drug-likeness (QED) is 0.0463. The SMILES string of the molecule is C=CC(=O)OCCCCCCOc1ccc2cc(C(=O)Sc3ccc(-c4ccc(OCCCOC(=O)C=C)cc4)cc3)ccc2c1. The maximum absolute atomic E-state index is 13.1. The van der Waals surface area contributed by atoms with Crippen LogP contribution in [0.2, 0.25) is 0 Å². The summed E-state index contributed by atoms with van der Waals surface area (Å²) in [5.41, 5.74) is 2.72. The number of carbonyl (C=O) groups excluding carboxylic acids is 3. The van der Waals surface area contributed by atoms with E-state index in [0.717, 1.165) is 70.1 Å². The average molecular weight is 639 g/mol. The topological polar surface area (TPSA) is 88.1 Å². The van der Waals surface area contributed by atoms with Crippen molar-refractivity contribution < 1.29 is 33.3 Å². The second-order valence-corrected chi connectivity index (χ2v) is 11.4. The summed E-state index contributed by atoms with van der Waals surface area (Å²) in [6.07, 6.45) is 6.61. The molecule has 4 aromatic rings. The van der Waals surface area contributed by atoms with Crippen LogP contribution >= 0.6 is 11.8 Å². The van der Waals surface area contributed by atoms with Crippen molar-refractivity contribution in [1.82, 2.24) is 0 Å². The van der Waals surface area contributed by atoms with Crippen LogP contribution in [0, 0.1) is 0 Å². The van der Waals surface area contributed by atoms with Gasteiger partial charge in [0.25, 0.3) is 0 Å². The Kier molecular flexibility index (Phi) is 13.5. The first-order valence-corrected chi connectivity index (χ1v) is 16.1. The second-order valence-electron chi connectivity index (χ2n) is 10.4. The Morgan fingerprint density at radius 1 is 0.565 bits per heavy atom. The molecule has 238 valence electrons. The van der Waals surface area contributed by atoms with Gasteiger partial charge in [0.1, 0.15) is 11.5 Å². The van der Waals surface area contributed by atoms with Crippen LogP contribution in [0.15, 0.2) is 115 Å². The fourth-order valence-corrected chi connectivity index (χ4v) is 5.26. The van der Waals surface area contributed by atoms with E-state index in [1.54, 1.807) is 0 Å². The summed E-state index contributed by atoms with van der Waals surface area (Å²) in [6.45, 7) is 8.51. The molecule has 0 heterocycles. The minimum atomic E-state index is -0.434. The van der Waals surface area contributed by atoms with E-state index in [9.17, 15) is 14.4 Å². The lowest BCUT2D eigenvalue weighted by Crippen LogP contribution is -2.06. The van der Waals surface area contributed by atoms with E-state index in [4.69, 9.17) is 18.9 Å². The Morgan fingerprint density at radius 2 is 1.09 bits per heavy atom. The Bertz CT molecular complexity index is 1630. The highest BCUT2D eigenvalue weighted by molar-refractivity contribution is 8.14. The zero-order valence-corrected chi connectivity index (χ0v) is 26.6. The van der Waals surface area contributed by atoms with E-state index in [2.05, 4.69) is 13.2 Å². The first-order valence-electron chi connectivity index (χ1n) is 15.3. The van der Waals surface area contributed by atoms with Gasteiger partial charge in [-0.3, -0.25) is 4.79 Å². The molecule has 4 aromatic carbocycles. The van der Waals surface area contributed by atoms with Crippen molar-refractivity contribution in [1.29, 1.82) is 0 Å². The van der Waals surface area contributed by atoms with Gasteiger partial charge in [-0.25, -0.2) is 9.59 Å². The molecule has 0 radical (unpaired) electrons. The molecule has 4 rings (SSSR count). The largest absolute Gasteiger partial charge is 0.494 e. The van der Waals surface area contributed by atoms with E-state index in [1.807, 2.05) is 84.9 Å². The molecular formula is C38H38O7S. The Morgan fingerprint density at radius 3 is 1.76 bits per heavy atom. The van der Waals surface area contributed by atoms with Gasteiger partial charge in [0.15, 0.2) is 0 Å². The smallest absolute Gasteiger partial charge is 0.330 e. The highest BCUT2D eigenvalue weighted by Crippen LogP contribution is 2.29. The molecule has 8 heteroatoms. The molecule has 0 N–H and O–H groups in total. The van der Waals surface area contributed by atoms with Gasteiger partial charge in [-0.15, -0.1) is 0 Å². The molecule has 0 bridgehead atoms. The van der Waals surface area contributed by atoms with Crippen molar-refractivity contribution in [2.75, 3.05) is 26.4 Å². The number of benzene rings is 4. The van der Waals surface area contributed by atoms with Crippen LogP contribution in [0.1, 0.15) is 42.5 Å². The second kappa shape index (κ2) is 18.2. The summed E-state index contributed by atoms with van der Waals surface area (Å²) in [7, 11) is 0. The Balaban J connectivity index is 1.21. The van der Waals surface area contributed by atoms with Crippen molar-refractivity contribution >= 4 is 39.6 Å². The fraction of sp³-hybridized carbons (Fsp3) is 0.237. The maximum Gasteiger partial charge on any atom is 0.330 e. The van der Waals surface area contributed by atoms with Crippen LogP contribution in [0.25, 0.3) is 21.9 Å². The van der Waals surface area contributed by atoms with Gasteiger partial charge in [-0.1, -0.05) is 49.6 Å². The highest BCUT2D eigenvalue weighted by atomic mass is 32.2. The molecule has 0 aliphatic rings. The number of rotatable bonds is 18. The number of hydrogen-bond donors (Lipinski definition) is 0. The first kappa shape index (κ1) is 34.1. The molecule has 46 heavy (non-hydrogen) atoms. The number of esters is 2. The van der Waals surface area contributed by atoms with Gasteiger partial charge in [0.05, 0.1) is 26.4 Å². The lowest BCUT2D eigenvalue weighted by molar-refractivity contribution is -0.138. The van der Waals surface area contributed by atoms with Crippen LogP contribution in [0.4, 0.5) is 0 Å². The third kappa shape index (κ3) is 11.0. The molecule has 0 atom stereocenters. The maximum atomic E-state index is 13.1. The molecule has 0 spiro atoms. The van der Waals surface area contributed by atoms with Gasteiger partial charge in [0, 0.05) is 29.0 Å². The molecule has 7 nitrogen and oxygen atoms in total.